The number of halogens is 3. The molecule has 8 heteroatoms. The Labute approximate surface area is 92.3 Å². The first-order valence-electron chi connectivity index (χ1n) is 4.50. The fourth-order valence-electron chi connectivity index (χ4n) is 1.08. The molecule has 2 N–H and O–H groups in total. The van der Waals surface area contributed by atoms with Gasteiger partial charge in [0.25, 0.3) is 0 Å². The van der Waals surface area contributed by atoms with Crippen LogP contribution >= 0.6 is 0 Å². The van der Waals surface area contributed by atoms with E-state index in [1.165, 1.54) is 6.08 Å². The maximum Gasteiger partial charge on any atom is 0.522 e. The minimum absolute atomic E-state index is 0.142. The zero-order valence-electron chi connectivity index (χ0n) is 8.53. The molecule has 1 atom stereocenters. The molecule has 0 rings (SSSR count). The Kier molecular flexibility index (Phi) is 5.98. The Bertz CT molecular complexity index is 313. The second-order valence-corrected chi connectivity index (χ2v) is 5.00. The minimum Gasteiger partial charge on any atom is -0.292 e. The molecule has 0 aromatic carbocycles. The highest BCUT2D eigenvalue weighted by Crippen LogP contribution is 2.18. The van der Waals surface area contributed by atoms with Crippen molar-refractivity contribution in [2.75, 3.05) is 6.61 Å². The smallest absolute Gasteiger partial charge is 0.292 e. The second kappa shape index (κ2) is 6.21. The first kappa shape index (κ1) is 15.4. The van der Waals surface area contributed by atoms with Crippen LogP contribution < -0.4 is 5.14 Å². The van der Waals surface area contributed by atoms with Crippen LogP contribution in [0.1, 0.15) is 19.3 Å². The van der Waals surface area contributed by atoms with Crippen molar-refractivity contribution in [3.63, 3.8) is 0 Å². The van der Waals surface area contributed by atoms with Crippen molar-refractivity contribution in [3.8, 4) is 0 Å². The third kappa shape index (κ3) is 7.66. The highest BCUT2D eigenvalue weighted by atomic mass is 32.2. The number of ether oxygens (including phenoxy) is 1. The van der Waals surface area contributed by atoms with E-state index in [1.807, 2.05) is 0 Å². The number of hydrogen-bond donors (Lipinski definition) is 1. The van der Waals surface area contributed by atoms with Crippen molar-refractivity contribution in [2.45, 2.75) is 30.9 Å². The molecule has 16 heavy (non-hydrogen) atoms. The molecule has 4 nitrogen and oxygen atoms in total. The molecule has 0 aliphatic carbocycles. The zero-order valence-corrected chi connectivity index (χ0v) is 9.35. The summed E-state index contributed by atoms with van der Waals surface area (Å²) in [5.41, 5.74) is 0. The summed E-state index contributed by atoms with van der Waals surface area (Å²) in [6.45, 7) is 2.67. The molecule has 0 fully saturated rings. The van der Waals surface area contributed by atoms with Crippen molar-refractivity contribution in [2.24, 2.45) is 5.14 Å². The molecule has 0 unspecified atom stereocenters. The molecule has 0 bridgehead atoms. The number of nitrogens with two attached hydrogens (primary N) is 1. The molecule has 96 valence electrons. The van der Waals surface area contributed by atoms with E-state index in [0.29, 0.717) is 6.42 Å². The normalized spacial score (nSPS) is 14.8. The topological polar surface area (TPSA) is 69.4 Å². The SMILES string of the molecule is C=CCC[C@@H](CCOC(F)(F)F)S(N)(=O)=O. The van der Waals surface area contributed by atoms with Gasteiger partial charge in [-0.15, -0.1) is 19.8 Å². The van der Waals surface area contributed by atoms with Gasteiger partial charge >= 0.3 is 6.36 Å². The number of rotatable bonds is 7. The number of sulfonamides is 1. The van der Waals surface area contributed by atoms with E-state index >= 15 is 0 Å². The average Bonchev–Trinajstić information content (AvgIpc) is 2.06. The molecule has 0 spiro atoms. The van der Waals surface area contributed by atoms with Gasteiger partial charge in [-0.25, -0.2) is 13.6 Å². The summed E-state index contributed by atoms with van der Waals surface area (Å²) in [5, 5.41) is 3.84. The van der Waals surface area contributed by atoms with E-state index in [9.17, 15) is 21.6 Å². The van der Waals surface area contributed by atoms with Crippen LogP contribution in [0.3, 0.4) is 0 Å². The maximum absolute atomic E-state index is 11.6. The molecule has 0 aliphatic rings. The predicted molar refractivity (Wildman–Crippen MR) is 53.0 cm³/mol. The Morgan fingerprint density at radius 1 is 1.38 bits per heavy atom. The number of alkyl halides is 3. The van der Waals surface area contributed by atoms with Crippen LogP contribution in [0.5, 0.6) is 0 Å². The van der Waals surface area contributed by atoms with Crippen LogP contribution in [0.25, 0.3) is 0 Å². The van der Waals surface area contributed by atoms with Crippen LogP contribution in [-0.2, 0) is 14.8 Å². The fourth-order valence-corrected chi connectivity index (χ4v) is 1.97. The first-order chi connectivity index (χ1) is 7.17. The minimum atomic E-state index is -4.75. The van der Waals surface area contributed by atoms with E-state index < -0.39 is 28.2 Å². The molecule has 0 radical (unpaired) electrons. The van der Waals surface area contributed by atoms with Crippen molar-refractivity contribution in [3.05, 3.63) is 12.7 Å². The van der Waals surface area contributed by atoms with Gasteiger partial charge < -0.3 is 0 Å². The van der Waals surface area contributed by atoms with Gasteiger partial charge in [0, 0.05) is 0 Å². The molecule has 0 aliphatic heterocycles. The van der Waals surface area contributed by atoms with Crippen molar-refractivity contribution in [1.82, 2.24) is 0 Å². The zero-order chi connectivity index (χ0) is 12.8. The molecular weight excluding hydrogens is 247 g/mol. The number of primary sulfonamides is 1. The lowest BCUT2D eigenvalue weighted by Crippen LogP contribution is -2.30. The van der Waals surface area contributed by atoms with Crippen LogP contribution in [0, 0.1) is 0 Å². The summed E-state index contributed by atoms with van der Waals surface area (Å²) in [5.74, 6) is 0. The third-order valence-corrected chi connectivity index (χ3v) is 3.26. The summed E-state index contributed by atoms with van der Waals surface area (Å²) < 4.78 is 60.4. The Morgan fingerprint density at radius 2 is 1.94 bits per heavy atom. The maximum atomic E-state index is 11.6. The summed E-state index contributed by atoms with van der Waals surface area (Å²) >= 11 is 0. The van der Waals surface area contributed by atoms with Gasteiger partial charge in [0.1, 0.15) is 0 Å². The average molecular weight is 261 g/mol. The lowest BCUT2D eigenvalue weighted by molar-refractivity contribution is -0.324. The van der Waals surface area contributed by atoms with Gasteiger partial charge in [0.2, 0.25) is 10.0 Å². The summed E-state index contributed by atoms with van der Waals surface area (Å²) in [7, 11) is -3.85. The Morgan fingerprint density at radius 3 is 2.31 bits per heavy atom. The molecule has 0 saturated heterocycles. The molecular formula is C8H14F3NO3S. The van der Waals surface area contributed by atoms with Crippen LogP contribution in [0.2, 0.25) is 0 Å². The molecule has 0 saturated carbocycles. The van der Waals surface area contributed by atoms with Crippen molar-refractivity contribution in [1.29, 1.82) is 0 Å². The Hall–Kier alpha value is -0.600. The van der Waals surface area contributed by atoms with E-state index in [4.69, 9.17) is 5.14 Å². The van der Waals surface area contributed by atoms with Crippen LogP contribution in [0.15, 0.2) is 12.7 Å². The van der Waals surface area contributed by atoms with E-state index in [0.717, 1.165) is 0 Å². The van der Waals surface area contributed by atoms with Gasteiger partial charge in [-0.3, -0.25) is 4.74 Å². The quantitative estimate of drug-likeness (QED) is 0.707. The van der Waals surface area contributed by atoms with Crippen LogP contribution in [0.4, 0.5) is 13.2 Å². The monoisotopic (exact) mass is 261 g/mol. The fraction of sp³-hybridized carbons (Fsp3) is 0.750. The van der Waals surface area contributed by atoms with Gasteiger partial charge in [0.05, 0.1) is 11.9 Å². The highest BCUT2D eigenvalue weighted by Gasteiger charge is 2.30. The summed E-state index contributed by atoms with van der Waals surface area (Å²) in [6, 6.07) is 0. The molecule has 0 heterocycles. The van der Waals surface area contributed by atoms with E-state index in [1.54, 1.807) is 0 Å². The number of hydrogen-bond acceptors (Lipinski definition) is 3. The van der Waals surface area contributed by atoms with E-state index in [-0.39, 0.29) is 12.8 Å². The summed E-state index contributed by atoms with van der Waals surface area (Å²) in [6.07, 6.45) is -3.05. The third-order valence-electron chi connectivity index (χ3n) is 1.86. The van der Waals surface area contributed by atoms with Gasteiger partial charge in [-0.2, -0.15) is 0 Å². The van der Waals surface area contributed by atoms with Crippen molar-refractivity contribution < 1.29 is 26.3 Å². The lowest BCUT2D eigenvalue weighted by atomic mass is 10.2. The largest absolute Gasteiger partial charge is 0.522 e. The number of allylic oxidation sites excluding steroid dienone is 1. The summed E-state index contributed by atoms with van der Waals surface area (Å²) in [4.78, 5) is 0. The Balaban J connectivity index is 4.18. The second-order valence-electron chi connectivity index (χ2n) is 3.16. The molecule has 0 amide bonds. The van der Waals surface area contributed by atoms with Crippen LogP contribution in [-0.4, -0.2) is 26.6 Å². The molecule has 0 aromatic heterocycles. The standard InChI is InChI=1S/C8H14F3NO3S/c1-2-3-4-7(16(12,13)14)5-6-15-8(9,10)11/h2,7H,1,3-6H2,(H2,12,13,14)/t7-/m0/s1. The van der Waals surface area contributed by atoms with Gasteiger partial charge in [-0.05, 0) is 19.3 Å². The van der Waals surface area contributed by atoms with E-state index in [2.05, 4.69) is 11.3 Å². The van der Waals surface area contributed by atoms with Gasteiger partial charge in [-0.1, -0.05) is 6.08 Å². The van der Waals surface area contributed by atoms with Crippen molar-refractivity contribution >= 4 is 10.0 Å². The van der Waals surface area contributed by atoms with Gasteiger partial charge in [0.15, 0.2) is 0 Å². The molecule has 0 aromatic rings. The highest BCUT2D eigenvalue weighted by molar-refractivity contribution is 7.89. The first-order valence-corrected chi connectivity index (χ1v) is 6.11. The lowest BCUT2D eigenvalue weighted by Gasteiger charge is -2.14. The predicted octanol–water partition coefficient (Wildman–Crippen LogP) is 1.54.